The summed E-state index contributed by atoms with van der Waals surface area (Å²) in [4.78, 5) is 14.8. The van der Waals surface area contributed by atoms with Gasteiger partial charge in [-0.3, -0.25) is 9.63 Å². The molecule has 0 aromatic heterocycles. The van der Waals surface area contributed by atoms with E-state index in [1.165, 1.54) is 0 Å². The third-order valence-corrected chi connectivity index (χ3v) is 0.738. The molecule has 0 atom stereocenters. The molecule has 0 aromatic rings. The van der Waals surface area contributed by atoms with Crippen molar-refractivity contribution in [1.29, 1.82) is 0 Å². The van der Waals surface area contributed by atoms with E-state index in [4.69, 9.17) is 10.6 Å². The lowest BCUT2D eigenvalue weighted by Gasteiger charge is -2.01. The Labute approximate surface area is 59.4 Å². The largest absolute Gasteiger partial charge is 0.382 e. The molecule has 0 rings (SSSR count). The lowest BCUT2D eigenvalue weighted by Crippen LogP contribution is -2.29. The van der Waals surface area contributed by atoms with Crippen LogP contribution in [0.15, 0.2) is 0 Å². The fraction of sp³-hybridized carbons (Fsp3) is 0.800. The van der Waals surface area contributed by atoms with E-state index in [-0.39, 0.29) is 6.54 Å². The third kappa shape index (κ3) is 7.35. The van der Waals surface area contributed by atoms with Crippen LogP contribution in [0, 0.1) is 0 Å². The zero-order chi connectivity index (χ0) is 7.82. The molecule has 0 aliphatic carbocycles. The maximum atomic E-state index is 10.1. The van der Waals surface area contributed by atoms with Crippen molar-refractivity contribution in [3.05, 3.63) is 0 Å². The number of nitrogens with two attached hydrogens (primary N) is 1. The molecule has 0 aliphatic rings. The highest BCUT2D eigenvalue weighted by atomic mass is 16.7. The first-order valence-corrected chi connectivity index (χ1v) is 2.89. The second-order valence-corrected chi connectivity index (χ2v) is 1.63. The van der Waals surface area contributed by atoms with Gasteiger partial charge in [-0.1, -0.05) is 0 Å². The van der Waals surface area contributed by atoms with Crippen LogP contribution in [0.25, 0.3) is 0 Å². The molecule has 5 nitrogen and oxygen atoms in total. The van der Waals surface area contributed by atoms with Crippen molar-refractivity contribution in [1.82, 2.24) is 5.48 Å². The predicted molar refractivity (Wildman–Crippen MR) is 35.0 cm³/mol. The Morgan fingerprint density at radius 1 is 1.60 bits per heavy atom. The molecule has 3 N–H and O–H groups in total. The number of hydrogen-bond donors (Lipinski definition) is 2. The number of hydrogen-bond acceptors (Lipinski definition) is 4. The summed E-state index contributed by atoms with van der Waals surface area (Å²) in [7, 11) is 1.57. The van der Waals surface area contributed by atoms with Crippen LogP contribution in [0.1, 0.15) is 0 Å². The van der Waals surface area contributed by atoms with E-state index in [1.807, 2.05) is 0 Å². The smallest absolute Gasteiger partial charge is 0.233 e. The molecule has 60 valence electrons. The number of methoxy groups -OCH3 is 1. The molecule has 0 saturated carbocycles. The maximum absolute atomic E-state index is 10.1. The van der Waals surface area contributed by atoms with Crippen LogP contribution in [0.5, 0.6) is 0 Å². The van der Waals surface area contributed by atoms with Gasteiger partial charge in [-0.2, -0.15) is 5.48 Å². The summed E-state index contributed by atoms with van der Waals surface area (Å²) in [6, 6.07) is 0. The monoisotopic (exact) mass is 148 g/mol. The molecule has 0 heterocycles. The van der Waals surface area contributed by atoms with Gasteiger partial charge in [0.15, 0.2) is 0 Å². The number of rotatable bonds is 6. The van der Waals surface area contributed by atoms with Crippen molar-refractivity contribution < 1.29 is 14.4 Å². The van der Waals surface area contributed by atoms with E-state index >= 15 is 0 Å². The van der Waals surface area contributed by atoms with E-state index in [0.717, 1.165) is 0 Å². The van der Waals surface area contributed by atoms with Crippen molar-refractivity contribution in [3.63, 3.8) is 0 Å². The predicted octanol–water partition coefficient (Wildman–Crippen LogP) is -1.36. The van der Waals surface area contributed by atoms with Crippen molar-refractivity contribution in [2.45, 2.75) is 0 Å². The molecule has 0 bridgehead atoms. The third-order valence-electron chi connectivity index (χ3n) is 0.738. The van der Waals surface area contributed by atoms with Gasteiger partial charge in [-0.25, -0.2) is 0 Å². The standard InChI is InChI=1S/C5H12N2O3/c1-9-2-3-10-7-4-5(6)8/h7H,2-4H2,1H3,(H2,6,8). The molecular weight excluding hydrogens is 136 g/mol. The summed E-state index contributed by atoms with van der Waals surface area (Å²) < 4.78 is 4.67. The number of carbonyl (C=O) groups is 1. The van der Waals surface area contributed by atoms with Crippen LogP contribution in [-0.4, -0.2) is 32.8 Å². The number of amides is 1. The molecule has 10 heavy (non-hydrogen) atoms. The number of ether oxygens (including phenoxy) is 1. The fourth-order valence-corrected chi connectivity index (χ4v) is 0.319. The molecule has 0 aromatic carbocycles. The van der Waals surface area contributed by atoms with Crippen LogP contribution in [-0.2, 0) is 14.4 Å². The molecule has 0 aliphatic heterocycles. The van der Waals surface area contributed by atoms with Gasteiger partial charge in [0.05, 0.1) is 19.8 Å². The second-order valence-electron chi connectivity index (χ2n) is 1.63. The molecular formula is C5H12N2O3. The second kappa shape index (κ2) is 6.47. The van der Waals surface area contributed by atoms with Crippen LogP contribution in [0.3, 0.4) is 0 Å². The quantitative estimate of drug-likeness (QED) is 0.360. The maximum Gasteiger partial charge on any atom is 0.233 e. The number of nitrogens with one attached hydrogen (secondary N) is 1. The van der Waals surface area contributed by atoms with Gasteiger partial charge < -0.3 is 10.5 Å². The van der Waals surface area contributed by atoms with Crippen molar-refractivity contribution in [2.24, 2.45) is 5.73 Å². The first kappa shape index (κ1) is 9.35. The van der Waals surface area contributed by atoms with Gasteiger partial charge >= 0.3 is 0 Å². The molecule has 5 heteroatoms. The summed E-state index contributed by atoms with van der Waals surface area (Å²) in [6.07, 6.45) is 0. The average molecular weight is 148 g/mol. The SMILES string of the molecule is COCCONCC(N)=O. The Bertz CT molecular complexity index is 96.9. The van der Waals surface area contributed by atoms with Gasteiger partial charge in [0.2, 0.25) is 5.91 Å². The average Bonchev–Trinajstić information content (AvgIpc) is 1.87. The van der Waals surface area contributed by atoms with E-state index in [1.54, 1.807) is 7.11 Å². The first-order valence-electron chi connectivity index (χ1n) is 2.89. The number of primary amides is 1. The molecule has 0 fully saturated rings. The highest BCUT2D eigenvalue weighted by Crippen LogP contribution is 1.68. The normalized spacial score (nSPS) is 9.70. The van der Waals surface area contributed by atoms with Gasteiger partial charge in [0, 0.05) is 7.11 Å². The molecule has 0 spiro atoms. The number of carbonyl (C=O) groups excluding carboxylic acids is 1. The molecule has 0 unspecified atom stereocenters. The van der Waals surface area contributed by atoms with Gasteiger partial charge in [0.25, 0.3) is 0 Å². The summed E-state index contributed by atoms with van der Waals surface area (Å²) in [5.41, 5.74) is 7.16. The van der Waals surface area contributed by atoms with E-state index in [0.29, 0.717) is 13.2 Å². The Morgan fingerprint density at radius 3 is 2.80 bits per heavy atom. The topological polar surface area (TPSA) is 73.6 Å². The minimum absolute atomic E-state index is 0.0315. The summed E-state index contributed by atoms with van der Waals surface area (Å²) in [6.45, 7) is 0.930. The Balaban J connectivity index is 2.84. The van der Waals surface area contributed by atoms with Gasteiger partial charge in [0.1, 0.15) is 0 Å². The van der Waals surface area contributed by atoms with Crippen LogP contribution in [0.4, 0.5) is 0 Å². The Morgan fingerprint density at radius 2 is 2.30 bits per heavy atom. The van der Waals surface area contributed by atoms with E-state index < -0.39 is 5.91 Å². The van der Waals surface area contributed by atoms with Crippen LogP contribution >= 0.6 is 0 Å². The Kier molecular flexibility index (Phi) is 6.05. The van der Waals surface area contributed by atoms with Crippen LogP contribution < -0.4 is 11.2 Å². The lowest BCUT2D eigenvalue weighted by atomic mass is 10.7. The summed E-state index contributed by atoms with van der Waals surface area (Å²) in [5.74, 6) is -0.447. The van der Waals surface area contributed by atoms with Gasteiger partial charge in [-0.05, 0) is 0 Å². The van der Waals surface area contributed by atoms with E-state index in [9.17, 15) is 4.79 Å². The zero-order valence-corrected chi connectivity index (χ0v) is 5.92. The zero-order valence-electron chi connectivity index (χ0n) is 5.92. The highest BCUT2D eigenvalue weighted by molar-refractivity contribution is 5.75. The summed E-state index contributed by atoms with van der Waals surface area (Å²) in [5, 5.41) is 0. The highest BCUT2D eigenvalue weighted by Gasteiger charge is 1.90. The lowest BCUT2D eigenvalue weighted by molar-refractivity contribution is -0.120. The summed E-state index contributed by atoms with van der Waals surface area (Å²) >= 11 is 0. The van der Waals surface area contributed by atoms with Crippen molar-refractivity contribution >= 4 is 5.91 Å². The fourth-order valence-electron chi connectivity index (χ4n) is 0.319. The van der Waals surface area contributed by atoms with Crippen molar-refractivity contribution in [2.75, 3.05) is 26.9 Å². The number of hydroxylamine groups is 1. The van der Waals surface area contributed by atoms with Crippen LogP contribution in [0.2, 0.25) is 0 Å². The molecule has 0 saturated heterocycles. The Hall–Kier alpha value is -0.650. The minimum Gasteiger partial charge on any atom is -0.382 e. The molecule has 0 radical (unpaired) electrons. The van der Waals surface area contributed by atoms with Crippen molar-refractivity contribution in [3.8, 4) is 0 Å². The van der Waals surface area contributed by atoms with Gasteiger partial charge in [-0.15, -0.1) is 0 Å². The van der Waals surface area contributed by atoms with E-state index in [2.05, 4.69) is 10.2 Å². The first-order chi connectivity index (χ1) is 4.77. The minimum atomic E-state index is -0.447. The molecule has 1 amide bonds.